The fourth-order valence-corrected chi connectivity index (χ4v) is 2.90. The number of aliphatic carboxylic acids is 1. The predicted octanol–water partition coefficient (Wildman–Crippen LogP) is 1.44. The lowest BCUT2D eigenvalue weighted by molar-refractivity contribution is -0.141. The topological polar surface area (TPSA) is 102 Å². The maximum atomic E-state index is 12.4. The number of carboxylic acids is 1. The van der Waals surface area contributed by atoms with Crippen LogP contribution in [-0.4, -0.2) is 40.7 Å². The van der Waals surface area contributed by atoms with Crippen LogP contribution < -0.4 is 14.8 Å². The molecule has 1 heterocycles. The van der Waals surface area contributed by atoms with Gasteiger partial charge in [-0.3, -0.25) is 14.4 Å². The van der Waals surface area contributed by atoms with Crippen LogP contribution in [0.4, 0.5) is 0 Å². The van der Waals surface area contributed by atoms with Gasteiger partial charge in [0.15, 0.2) is 16.6 Å². The van der Waals surface area contributed by atoms with Crippen LogP contribution >= 0.6 is 11.8 Å². The van der Waals surface area contributed by atoms with Gasteiger partial charge in [0.05, 0.1) is 5.92 Å². The summed E-state index contributed by atoms with van der Waals surface area (Å²) >= 11 is 1.04. The molecule has 0 spiro atoms. The first-order valence-corrected chi connectivity index (χ1v) is 8.40. The van der Waals surface area contributed by atoms with Gasteiger partial charge in [0.25, 0.3) is 0 Å². The number of thioether (sulfide) groups is 1. The zero-order valence-corrected chi connectivity index (χ0v) is 14.2. The second-order valence-electron chi connectivity index (χ2n) is 5.46. The van der Waals surface area contributed by atoms with E-state index in [0.29, 0.717) is 17.9 Å². The van der Waals surface area contributed by atoms with Crippen molar-refractivity contribution in [1.82, 2.24) is 5.32 Å². The van der Waals surface area contributed by atoms with E-state index in [1.807, 2.05) is 6.07 Å². The number of amides is 1. The molecule has 8 heteroatoms. The number of carbonyl (C=O) groups is 3. The van der Waals surface area contributed by atoms with E-state index < -0.39 is 23.8 Å². The van der Waals surface area contributed by atoms with Crippen molar-refractivity contribution in [2.24, 2.45) is 5.92 Å². The SMILES string of the molecule is CC(=O)SC[C@@H](Cc1ccc2c(c1)OCO2)C(=O)N[C@@H](C)C(=O)O. The predicted molar refractivity (Wildman–Crippen MR) is 88.1 cm³/mol. The van der Waals surface area contributed by atoms with Crippen molar-refractivity contribution in [3.63, 3.8) is 0 Å². The van der Waals surface area contributed by atoms with E-state index in [9.17, 15) is 14.4 Å². The first-order chi connectivity index (χ1) is 11.4. The van der Waals surface area contributed by atoms with Crippen molar-refractivity contribution in [3.8, 4) is 11.5 Å². The van der Waals surface area contributed by atoms with Crippen LogP contribution in [0.5, 0.6) is 11.5 Å². The van der Waals surface area contributed by atoms with Crippen LogP contribution in [0.25, 0.3) is 0 Å². The van der Waals surface area contributed by atoms with Gasteiger partial charge in [-0.2, -0.15) is 0 Å². The molecule has 0 fully saturated rings. The van der Waals surface area contributed by atoms with Crippen LogP contribution in [0.15, 0.2) is 18.2 Å². The Labute approximate surface area is 143 Å². The number of hydrogen-bond donors (Lipinski definition) is 2. The van der Waals surface area contributed by atoms with Crippen molar-refractivity contribution in [2.45, 2.75) is 26.3 Å². The van der Waals surface area contributed by atoms with Gasteiger partial charge in [0.1, 0.15) is 6.04 Å². The number of nitrogens with one attached hydrogen (secondary N) is 1. The summed E-state index contributed by atoms with van der Waals surface area (Å²) in [4.78, 5) is 34.5. The summed E-state index contributed by atoms with van der Waals surface area (Å²) in [5, 5.41) is 11.3. The fraction of sp³-hybridized carbons (Fsp3) is 0.438. The number of hydrogen-bond acceptors (Lipinski definition) is 6. The monoisotopic (exact) mass is 353 g/mol. The van der Waals surface area contributed by atoms with Crippen LogP contribution in [0, 0.1) is 5.92 Å². The molecule has 0 saturated carbocycles. The van der Waals surface area contributed by atoms with E-state index >= 15 is 0 Å². The third-order valence-electron chi connectivity index (χ3n) is 3.51. The zero-order valence-electron chi connectivity index (χ0n) is 13.4. The molecule has 0 saturated heterocycles. The number of carbonyl (C=O) groups excluding carboxylic acids is 2. The van der Waals surface area contributed by atoms with Crippen molar-refractivity contribution in [3.05, 3.63) is 23.8 Å². The third-order valence-corrected chi connectivity index (χ3v) is 4.48. The molecular formula is C16H19NO6S. The van der Waals surface area contributed by atoms with Gasteiger partial charge in [-0.15, -0.1) is 0 Å². The summed E-state index contributed by atoms with van der Waals surface area (Å²) in [5.74, 6) is -0.481. The lowest BCUT2D eigenvalue weighted by Crippen LogP contribution is -2.43. The number of carboxylic acid groups (broad SMARTS) is 1. The maximum absolute atomic E-state index is 12.4. The molecule has 130 valence electrons. The second-order valence-corrected chi connectivity index (χ2v) is 6.66. The molecule has 0 unspecified atom stereocenters. The Balaban J connectivity index is 2.08. The first-order valence-electron chi connectivity index (χ1n) is 7.42. The molecule has 1 aliphatic heterocycles. The molecule has 0 bridgehead atoms. The Hall–Kier alpha value is -2.22. The maximum Gasteiger partial charge on any atom is 0.325 e. The summed E-state index contributed by atoms with van der Waals surface area (Å²) < 4.78 is 10.6. The molecule has 2 atom stereocenters. The molecule has 0 aliphatic carbocycles. The first kappa shape index (κ1) is 18.1. The van der Waals surface area contributed by atoms with E-state index in [1.165, 1.54) is 13.8 Å². The molecule has 1 aliphatic rings. The van der Waals surface area contributed by atoms with Crippen molar-refractivity contribution < 1.29 is 29.0 Å². The summed E-state index contributed by atoms with van der Waals surface area (Å²) in [5.41, 5.74) is 0.853. The normalized spacial score (nSPS) is 14.8. The Morgan fingerprint density at radius 3 is 2.67 bits per heavy atom. The quantitative estimate of drug-likeness (QED) is 0.765. The molecule has 7 nitrogen and oxygen atoms in total. The Bertz CT molecular complexity index is 647. The number of ether oxygens (including phenoxy) is 2. The van der Waals surface area contributed by atoms with E-state index in [2.05, 4.69) is 5.32 Å². The molecule has 2 rings (SSSR count). The largest absolute Gasteiger partial charge is 0.480 e. The molecule has 24 heavy (non-hydrogen) atoms. The molecular weight excluding hydrogens is 334 g/mol. The molecule has 0 aromatic heterocycles. The van der Waals surface area contributed by atoms with Gasteiger partial charge in [0.2, 0.25) is 12.7 Å². The highest BCUT2D eigenvalue weighted by molar-refractivity contribution is 8.13. The van der Waals surface area contributed by atoms with Crippen LogP contribution in [0.3, 0.4) is 0 Å². The third kappa shape index (κ3) is 4.89. The van der Waals surface area contributed by atoms with Gasteiger partial charge in [0, 0.05) is 12.7 Å². The number of fused-ring (bicyclic) bond motifs is 1. The van der Waals surface area contributed by atoms with Crippen molar-refractivity contribution in [2.75, 3.05) is 12.5 Å². The van der Waals surface area contributed by atoms with Crippen molar-refractivity contribution >= 4 is 28.8 Å². The van der Waals surface area contributed by atoms with Gasteiger partial charge in [-0.25, -0.2) is 0 Å². The van der Waals surface area contributed by atoms with Crippen LogP contribution in [0.1, 0.15) is 19.4 Å². The molecule has 2 N–H and O–H groups in total. The highest BCUT2D eigenvalue weighted by Gasteiger charge is 2.24. The lowest BCUT2D eigenvalue weighted by Gasteiger charge is -2.18. The van der Waals surface area contributed by atoms with E-state index in [0.717, 1.165) is 17.3 Å². The highest BCUT2D eigenvalue weighted by atomic mass is 32.2. The van der Waals surface area contributed by atoms with Crippen molar-refractivity contribution in [1.29, 1.82) is 0 Å². The Morgan fingerprint density at radius 1 is 1.29 bits per heavy atom. The zero-order chi connectivity index (χ0) is 17.7. The van der Waals surface area contributed by atoms with E-state index in [1.54, 1.807) is 12.1 Å². The minimum Gasteiger partial charge on any atom is -0.480 e. The van der Waals surface area contributed by atoms with Crippen LogP contribution in [-0.2, 0) is 20.8 Å². The number of rotatable bonds is 7. The van der Waals surface area contributed by atoms with E-state index in [4.69, 9.17) is 14.6 Å². The minimum absolute atomic E-state index is 0.0928. The Morgan fingerprint density at radius 2 is 2.00 bits per heavy atom. The molecule has 1 aromatic rings. The average Bonchev–Trinajstić information content (AvgIpc) is 2.98. The highest BCUT2D eigenvalue weighted by Crippen LogP contribution is 2.33. The molecule has 1 aromatic carbocycles. The van der Waals surface area contributed by atoms with E-state index in [-0.39, 0.29) is 17.7 Å². The Kier molecular flexibility index (Phi) is 6.08. The summed E-state index contributed by atoms with van der Waals surface area (Å²) in [6, 6.07) is 4.40. The standard InChI is InChI=1S/C16H19NO6S/c1-9(16(20)21)17-15(19)12(7-24-10(2)18)5-11-3-4-13-14(6-11)23-8-22-13/h3-4,6,9,12H,5,7-8H2,1-2H3,(H,17,19)(H,20,21)/t9-,12+/m0/s1. The fourth-order valence-electron chi connectivity index (χ4n) is 2.19. The van der Waals surface area contributed by atoms with Gasteiger partial charge < -0.3 is 19.9 Å². The summed E-state index contributed by atoms with van der Waals surface area (Å²) in [7, 11) is 0. The lowest BCUT2D eigenvalue weighted by atomic mass is 9.99. The number of benzene rings is 1. The van der Waals surface area contributed by atoms with Gasteiger partial charge in [-0.1, -0.05) is 17.8 Å². The average molecular weight is 353 g/mol. The minimum atomic E-state index is -1.11. The molecule has 1 amide bonds. The van der Waals surface area contributed by atoms with Gasteiger partial charge in [-0.05, 0) is 31.0 Å². The smallest absolute Gasteiger partial charge is 0.325 e. The summed E-state index contributed by atoms with van der Waals surface area (Å²) in [6.07, 6.45) is 0.370. The summed E-state index contributed by atoms with van der Waals surface area (Å²) in [6.45, 7) is 3.00. The molecule has 0 radical (unpaired) electrons. The van der Waals surface area contributed by atoms with Crippen LogP contribution in [0.2, 0.25) is 0 Å². The van der Waals surface area contributed by atoms with Gasteiger partial charge >= 0.3 is 5.97 Å². The second kappa shape index (κ2) is 8.05.